The van der Waals surface area contributed by atoms with Crippen molar-refractivity contribution in [3.63, 3.8) is 0 Å². The van der Waals surface area contributed by atoms with Gasteiger partial charge in [-0.1, -0.05) is 56.3 Å². The van der Waals surface area contributed by atoms with Gasteiger partial charge in [0.15, 0.2) is 11.5 Å². The molecule has 0 aliphatic rings. The van der Waals surface area contributed by atoms with Crippen molar-refractivity contribution in [2.75, 3.05) is 33.9 Å². The summed E-state index contributed by atoms with van der Waals surface area (Å²) in [6, 6.07) is 19.7. The molecule has 3 rings (SSSR count). The number of nitrogens with zero attached hydrogens (tertiary/aromatic N) is 2. The molecule has 1 aromatic heterocycles. The molecule has 37 heavy (non-hydrogen) atoms. The number of benzene rings is 2. The fourth-order valence-corrected chi connectivity index (χ4v) is 5.16. The number of hydrogen-bond acceptors (Lipinski definition) is 5. The summed E-state index contributed by atoms with van der Waals surface area (Å²) in [5.74, 6) is 1.06. The number of carbonyl (C=O) groups is 2. The van der Waals surface area contributed by atoms with E-state index in [1.165, 1.54) is 0 Å². The van der Waals surface area contributed by atoms with E-state index in [0.29, 0.717) is 44.0 Å². The molecule has 0 bridgehead atoms. The first-order valence-electron chi connectivity index (χ1n) is 12.8. The maximum Gasteiger partial charge on any atom is 0.242 e. The topological polar surface area (TPSA) is 59.1 Å². The molecule has 6 nitrogen and oxygen atoms in total. The molecule has 2 aromatic carbocycles. The van der Waals surface area contributed by atoms with Crippen LogP contribution in [0.1, 0.15) is 48.6 Å². The summed E-state index contributed by atoms with van der Waals surface area (Å²) >= 11 is 1.63. The van der Waals surface area contributed by atoms with E-state index in [2.05, 4.69) is 0 Å². The van der Waals surface area contributed by atoms with Gasteiger partial charge in [-0.2, -0.15) is 0 Å². The normalized spacial score (nSPS) is 11.6. The average molecular weight is 523 g/mol. The Hall–Kier alpha value is -3.32. The third kappa shape index (κ3) is 7.83. The van der Waals surface area contributed by atoms with Crippen molar-refractivity contribution < 1.29 is 19.1 Å². The summed E-state index contributed by atoms with van der Waals surface area (Å²) in [6.45, 7) is 5.75. The lowest BCUT2D eigenvalue weighted by Crippen LogP contribution is -2.45. The maximum absolute atomic E-state index is 13.6. The zero-order valence-electron chi connectivity index (χ0n) is 22.3. The van der Waals surface area contributed by atoms with Crippen LogP contribution in [-0.2, 0) is 22.6 Å². The van der Waals surface area contributed by atoms with Crippen LogP contribution in [0.3, 0.4) is 0 Å². The van der Waals surface area contributed by atoms with Gasteiger partial charge in [-0.3, -0.25) is 9.59 Å². The minimum absolute atomic E-state index is 0.0138. The highest BCUT2D eigenvalue weighted by Gasteiger charge is 2.27. The zero-order valence-corrected chi connectivity index (χ0v) is 23.1. The molecule has 0 aliphatic heterocycles. The van der Waals surface area contributed by atoms with E-state index in [1.807, 2.05) is 84.8 Å². The minimum atomic E-state index is -0.252. The molecule has 0 saturated heterocycles. The van der Waals surface area contributed by atoms with Crippen molar-refractivity contribution in [3.05, 3.63) is 82.0 Å². The second-order valence-electron chi connectivity index (χ2n) is 8.97. The van der Waals surface area contributed by atoms with Crippen LogP contribution >= 0.6 is 11.3 Å². The summed E-state index contributed by atoms with van der Waals surface area (Å²) < 4.78 is 10.8. The molecule has 0 saturated carbocycles. The molecule has 0 aliphatic carbocycles. The summed E-state index contributed by atoms with van der Waals surface area (Å²) in [5, 5.41) is 2.02. The van der Waals surface area contributed by atoms with Crippen LogP contribution in [0.5, 0.6) is 11.5 Å². The van der Waals surface area contributed by atoms with E-state index in [9.17, 15) is 9.59 Å². The third-order valence-electron chi connectivity index (χ3n) is 6.44. The number of hydrogen-bond donors (Lipinski definition) is 0. The average Bonchev–Trinajstić information content (AvgIpc) is 3.44. The first-order valence-corrected chi connectivity index (χ1v) is 13.7. The Kier molecular flexibility index (Phi) is 11.0. The Morgan fingerprint density at radius 2 is 1.65 bits per heavy atom. The standard InChI is InChI=1S/C30H38N2O4S/c1-5-17-32(30(34)26(6-2)24-11-8-7-9-12-24)22-29(33)31(21-25-13-10-19-37-25)18-16-23-14-15-27(35-3)28(20-23)36-4/h7-15,19-20,26H,5-6,16-18,21-22H2,1-4H3. The fraction of sp³-hybridized carbons (Fsp3) is 0.400. The molecule has 0 fully saturated rings. The lowest BCUT2D eigenvalue weighted by molar-refractivity contribution is -0.141. The molecule has 198 valence electrons. The highest BCUT2D eigenvalue weighted by molar-refractivity contribution is 7.09. The van der Waals surface area contributed by atoms with Gasteiger partial charge >= 0.3 is 0 Å². The summed E-state index contributed by atoms with van der Waals surface area (Å²) in [5.41, 5.74) is 2.05. The van der Waals surface area contributed by atoms with Gasteiger partial charge in [-0.25, -0.2) is 0 Å². The van der Waals surface area contributed by atoms with Crippen LogP contribution in [0, 0.1) is 0 Å². The van der Waals surface area contributed by atoms with E-state index in [-0.39, 0.29) is 24.3 Å². The molecule has 1 atom stereocenters. The fourth-order valence-electron chi connectivity index (χ4n) is 4.44. The number of methoxy groups -OCH3 is 2. The van der Waals surface area contributed by atoms with Crippen LogP contribution in [0.15, 0.2) is 66.0 Å². The quantitative estimate of drug-likeness (QED) is 0.270. The first-order chi connectivity index (χ1) is 18.0. The molecule has 3 aromatic rings. The van der Waals surface area contributed by atoms with Gasteiger partial charge < -0.3 is 19.3 Å². The van der Waals surface area contributed by atoms with E-state index < -0.39 is 0 Å². The van der Waals surface area contributed by atoms with E-state index in [1.54, 1.807) is 30.5 Å². The van der Waals surface area contributed by atoms with Gasteiger partial charge in [0.1, 0.15) is 0 Å². The van der Waals surface area contributed by atoms with Gasteiger partial charge in [0.2, 0.25) is 11.8 Å². The summed E-state index contributed by atoms with van der Waals surface area (Å²) in [4.78, 5) is 31.9. The highest BCUT2D eigenvalue weighted by Crippen LogP contribution is 2.28. The number of amides is 2. The van der Waals surface area contributed by atoms with Crippen LogP contribution < -0.4 is 9.47 Å². The molecular formula is C30H38N2O4S. The zero-order chi connectivity index (χ0) is 26.6. The summed E-state index contributed by atoms with van der Waals surface area (Å²) in [7, 11) is 3.23. The summed E-state index contributed by atoms with van der Waals surface area (Å²) in [6.07, 6.45) is 2.15. The lowest BCUT2D eigenvalue weighted by atomic mass is 9.95. The second kappa shape index (κ2) is 14.4. The van der Waals surface area contributed by atoms with Gasteiger partial charge in [0.05, 0.1) is 33.2 Å². The number of rotatable bonds is 14. The van der Waals surface area contributed by atoms with Crippen LogP contribution in [0.4, 0.5) is 0 Å². The molecule has 7 heteroatoms. The Bertz CT molecular complexity index is 1120. The molecule has 1 unspecified atom stereocenters. The maximum atomic E-state index is 13.6. The Balaban J connectivity index is 1.76. The number of ether oxygens (including phenoxy) is 2. The highest BCUT2D eigenvalue weighted by atomic mass is 32.1. The van der Waals surface area contributed by atoms with E-state index >= 15 is 0 Å². The molecule has 0 spiro atoms. The number of carbonyl (C=O) groups excluding carboxylic acids is 2. The van der Waals surface area contributed by atoms with E-state index in [4.69, 9.17) is 9.47 Å². The second-order valence-corrected chi connectivity index (χ2v) is 10.00. The van der Waals surface area contributed by atoms with Gasteiger partial charge in [-0.05, 0) is 54.0 Å². The first kappa shape index (κ1) is 28.3. The van der Waals surface area contributed by atoms with Crippen molar-refractivity contribution in [1.82, 2.24) is 9.80 Å². The minimum Gasteiger partial charge on any atom is -0.493 e. The predicted octanol–water partition coefficient (Wildman–Crippen LogP) is 5.77. The molecule has 1 heterocycles. The smallest absolute Gasteiger partial charge is 0.242 e. The van der Waals surface area contributed by atoms with Crippen molar-refractivity contribution in [1.29, 1.82) is 0 Å². The largest absolute Gasteiger partial charge is 0.493 e. The SMILES string of the molecule is CCCN(CC(=O)N(CCc1ccc(OC)c(OC)c1)Cc1cccs1)C(=O)C(CC)c1ccccc1. The van der Waals surface area contributed by atoms with Crippen molar-refractivity contribution >= 4 is 23.2 Å². The Labute approximate surface area is 224 Å². The molecule has 0 radical (unpaired) electrons. The van der Waals surface area contributed by atoms with Crippen LogP contribution in [0.2, 0.25) is 0 Å². The van der Waals surface area contributed by atoms with Crippen molar-refractivity contribution in [2.45, 2.75) is 45.6 Å². The van der Waals surface area contributed by atoms with Crippen molar-refractivity contribution in [2.24, 2.45) is 0 Å². The molecular weight excluding hydrogens is 484 g/mol. The van der Waals surface area contributed by atoms with Gasteiger partial charge in [-0.15, -0.1) is 11.3 Å². The van der Waals surface area contributed by atoms with E-state index in [0.717, 1.165) is 22.4 Å². The van der Waals surface area contributed by atoms with Gasteiger partial charge in [0, 0.05) is 18.0 Å². The Morgan fingerprint density at radius 3 is 2.27 bits per heavy atom. The lowest BCUT2D eigenvalue weighted by Gasteiger charge is -2.30. The molecule has 0 N–H and O–H groups in total. The van der Waals surface area contributed by atoms with Gasteiger partial charge in [0.25, 0.3) is 0 Å². The monoisotopic (exact) mass is 522 g/mol. The predicted molar refractivity (Wildman–Crippen MR) is 149 cm³/mol. The number of thiophene rings is 1. The third-order valence-corrected chi connectivity index (χ3v) is 7.30. The molecule has 2 amide bonds. The van der Waals surface area contributed by atoms with Crippen LogP contribution in [-0.4, -0.2) is 55.5 Å². The van der Waals surface area contributed by atoms with Crippen molar-refractivity contribution in [3.8, 4) is 11.5 Å². The Morgan fingerprint density at radius 1 is 0.892 bits per heavy atom. The van der Waals surface area contributed by atoms with Crippen LogP contribution in [0.25, 0.3) is 0 Å².